The van der Waals surface area contributed by atoms with Crippen LogP contribution in [0, 0.1) is 0 Å². The van der Waals surface area contributed by atoms with Gasteiger partial charge in [0, 0.05) is 6.54 Å². The summed E-state index contributed by atoms with van der Waals surface area (Å²) in [4.78, 5) is 25.9. The van der Waals surface area contributed by atoms with Gasteiger partial charge in [0.15, 0.2) is 0 Å². The molecule has 6 heteroatoms. The molecule has 1 rings (SSSR count). The van der Waals surface area contributed by atoms with Crippen LogP contribution >= 0.6 is 12.6 Å². The van der Waals surface area contributed by atoms with Crippen molar-refractivity contribution in [2.45, 2.75) is 44.7 Å². The second-order valence-electron chi connectivity index (χ2n) is 5.54. The smallest absolute Gasteiger partial charge is 0.240 e. The van der Waals surface area contributed by atoms with Gasteiger partial charge in [-0.2, -0.15) is 0 Å². The number of rotatable bonds is 10. The fourth-order valence-corrected chi connectivity index (χ4v) is 2.83. The zero-order valence-corrected chi connectivity index (χ0v) is 14.5. The molecule has 0 aromatic heterocycles. The van der Waals surface area contributed by atoms with Crippen LogP contribution in [0.1, 0.15) is 31.7 Å². The van der Waals surface area contributed by atoms with E-state index in [0.29, 0.717) is 32.4 Å². The molecular formula is C17H27N3O2S. The molecule has 128 valence electrons. The Morgan fingerprint density at radius 3 is 2.39 bits per heavy atom. The minimum Gasteiger partial charge on any atom is -0.331 e. The van der Waals surface area contributed by atoms with Crippen molar-refractivity contribution >= 4 is 23.7 Å². The SMILES string of the molecule is CCN(C(=O)[C@@H](N)CCc1ccccc1)[C@@H](CCCN)C(=O)S. The molecule has 23 heavy (non-hydrogen) atoms. The lowest BCUT2D eigenvalue weighted by atomic mass is 10.0. The van der Waals surface area contributed by atoms with Crippen LogP contribution in [-0.2, 0) is 16.0 Å². The molecular weight excluding hydrogens is 310 g/mol. The van der Waals surface area contributed by atoms with Crippen LogP contribution in [-0.4, -0.2) is 41.1 Å². The number of hydrogen-bond acceptors (Lipinski definition) is 4. The third-order valence-electron chi connectivity index (χ3n) is 3.87. The molecule has 0 heterocycles. The molecule has 0 spiro atoms. The molecule has 0 bridgehead atoms. The van der Waals surface area contributed by atoms with Gasteiger partial charge in [-0.1, -0.05) is 30.3 Å². The largest absolute Gasteiger partial charge is 0.331 e. The molecule has 0 aliphatic heterocycles. The molecule has 1 aromatic carbocycles. The van der Waals surface area contributed by atoms with Gasteiger partial charge in [0.05, 0.1) is 6.04 Å². The van der Waals surface area contributed by atoms with Crippen molar-refractivity contribution in [1.82, 2.24) is 4.90 Å². The first kappa shape index (κ1) is 19.7. The molecule has 2 atom stereocenters. The molecule has 5 nitrogen and oxygen atoms in total. The van der Waals surface area contributed by atoms with Gasteiger partial charge < -0.3 is 16.4 Å². The van der Waals surface area contributed by atoms with Gasteiger partial charge in [0.1, 0.15) is 6.04 Å². The average Bonchev–Trinajstić information content (AvgIpc) is 2.56. The van der Waals surface area contributed by atoms with Gasteiger partial charge >= 0.3 is 0 Å². The standard InChI is InChI=1S/C17H27N3O2S/c1-2-20(15(17(22)23)9-6-12-18)16(21)14(19)11-10-13-7-4-3-5-8-13/h3-5,7-8,14-15H,2,6,9-12,18-19H2,1H3,(H,22,23)/t14-,15-/m0/s1. The first-order chi connectivity index (χ1) is 11.0. The maximum Gasteiger partial charge on any atom is 0.240 e. The number of aryl methyl sites for hydroxylation is 1. The molecule has 0 unspecified atom stereocenters. The van der Waals surface area contributed by atoms with Crippen molar-refractivity contribution in [3.63, 3.8) is 0 Å². The van der Waals surface area contributed by atoms with Gasteiger partial charge in [0.2, 0.25) is 11.0 Å². The van der Waals surface area contributed by atoms with E-state index in [1.807, 2.05) is 37.3 Å². The summed E-state index contributed by atoms with van der Waals surface area (Å²) in [5.41, 5.74) is 12.7. The predicted molar refractivity (Wildman–Crippen MR) is 96.2 cm³/mol. The molecule has 0 aliphatic rings. The number of amides is 1. The van der Waals surface area contributed by atoms with Crippen molar-refractivity contribution in [1.29, 1.82) is 0 Å². The maximum atomic E-state index is 12.6. The highest BCUT2D eigenvalue weighted by molar-refractivity contribution is 7.96. The highest BCUT2D eigenvalue weighted by Crippen LogP contribution is 2.13. The van der Waals surface area contributed by atoms with E-state index in [-0.39, 0.29) is 11.0 Å². The number of thiol groups is 1. The van der Waals surface area contributed by atoms with Crippen molar-refractivity contribution in [3.8, 4) is 0 Å². The van der Waals surface area contributed by atoms with Gasteiger partial charge in [-0.15, -0.1) is 12.6 Å². The van der Waals surface area contributed by atoms with Gasteiger partial charge in [0.25, 0.3) is 0 Å². The number of carbonyl (C=O) groups excluding carboxylic acids is 2. The van der Waals surface area contributed by atoms with Crippen LogP contribution in [0.2, 0.25) is 0 Å². The van der Waals surface area contributed by atoms with Crippen LogP contribution in [0.4, 0.5) is 0 Å². The second kappa shape index (κ2) is 10.4. The third kappa shape index (κ3) is 6.33. The van der Waals surface area contributed by atoms with Gasteiger partial charge in [-0.05, 0) is 44.7 Å². The van der Waals surface area contributed by atoms with Crippen molar-refractivity contribution < 1.29 is 9.59 Å². The lowest BCUT2D eigenvalue weighted by molar-refractivity contribution is -0.138. The summed E-state index contributed by atoms with van der Waals surface area (Å²) < 4.78 is 0. The van der Waals surface area contributed by atoms with E-state index in [1.165, 1.54) is 4.90 Å². The Morgan fingerprint density at radius 1 is 1.22 bits per heavy atom. The molecule has 0 radical (unpaired) electrons. The van der Waals surface area contributed by atoms with E-state index in [0.717, 1.165) is 12.0 Å². The number of nitrogens with two attached hydrogens (primary N) is 2. The molecule has 1 amide bonds. The maximum absolute atomic E-state index is 12.6. The fourth-order valence-electron chi connectivity index (χ4n) is 2.56. The first-order valence-electron chi connectivity index (χ1n) is 8.04. The zero-order chi connectivity index (χ0) is 17.2. The lowest BCUT2D eigenvalue weighted by Gasteiger charge is -2.31. The number of carbonyl (C=O) groups is 2. The molecule has 0 fully saturated rings. The van der Waals surface area contributed by atoms with Crippen LogP contribution < -0.4 is 11.5 Å². The quantitative estimate of drug-likeness (QED) is 0.562. The highest BCUT2D eigenvalue weighted by atomic mass is 32.1. The Morgan fingerprint density at radius 2 is 1.87 bits per heavy atom. The molecule has 0 saturated heterocycles. The minimum atomic E-state index is -0.622. The zero-order valence-electron chi connectivity index (χ0n) is 13.6. The van der Waals surface area contributed by atoms with Gasteiger partial charge in [-0.25, -0.2) is 0 Å². The van der Waals surface area contributed by atoms with Crippen molar-refractivity contribution in [2.24, 2.45) is 11.5 Å². The molecule has 4 N–H and O–H groups in total. The Bertz CT molecular complexity index is 496. The fraction of sp³-hybridized carbons (Fsp3) is 0.529. The van der Waals surface area contributed by atoms with Crippen LogP contribution in [0.25, 0.3) is 0 Å². The first-order valence-corrected chi connectivity index (χ1v) is 8.48. The van der Waals surface area contributed by atoms with Crippen molar-refractivity contribution in [3.05, 3.63) is 35.9 Å². The Kier molecular flexibility index (Phi) is 8.91. The van der Waals surface area contributed by atoms with E-state index in [9.17, 15) is 9.59 Å². The summed E-state index contributed by atoms with van der Waals surface area (Å²) in [6.45, 7) is 2.75. The Labute approximate surface area is 143 Å². The Hall–Kier alpha value is -1.37. The normalized spacial score (nSPS) is 13.4. The summed E-state index contributed by atoms with van der Waals surface area (Å²) in [6, 6.07) is 8.72. The molecule has 0 saturated carbocycles. The molecule has 0 aliphatic carbocycles. The topological polar surface area (TPSA) is 89.4 Å². The number of nitrogens with zero attached hydrogens (tertiary/aromatic N) is 1. The van der Waals surface area contributed by atoms with E-state index >= 15 is 0 Å². The number of likely N-dealkylation sites (N-methyl/N-ethyl adjacent to an activating group) is 1. The summed E-state index contributed by atoms with van der Waals surface area (Å²) in [5, 5.41) is -0.316. The predicted octanol–water partition coefficient (Wildman–Crippen LogP) is 1.36. The lowest BCUT2D eigenvalue weighted by Crippen LogP contribution is -2.50. The Balaban J connectivity index is 2.67. The van der Waals surface area contributed by atoms with E-state index in [2.05, 4.69) is 12.6 Å². The average molecular weight is 337 g/mol. The summed E-state index contributed by atoms with van der Waals surface area (Å²) in [6.07, 6.45) is 2.46. The number of benzene rings is 1. The monoisotopic (exact) mass is 337 g/mol. The third-order valence-corrected chi connectivity index (χ3v) is 4.17. The summed E-state index contributed by atoms with van der Waals surface area (Å²) >= 11 is 3.92. The van der Waals surface area contributed by atoms with E-state index in [4.69, 9.17) is 11.5 Å². The van der Waals surface area contributed by atoms with Crippen LogP contribution in [0.15, 0.2) is 30.3 Å². The summed E-state index contributed by atoms with van der Waals surface area (Å²) in [7, 11) is 0. The van der Waals surface area contributed by atoms with Crippen LogP contribution in [0.3, 0.4) is 0 Å². The molecule has 1 aromatic rings. The van der Waals surface area contributed by atoms with Gasteiger partial charge in [-0.3, -0.25) is 9.59 Å². The van der Waals surface area contributed by atoms with Crippen LogP contribution in [0.5, 0.6) is 0 Å². The summed E-state index contributed by atoms with van der Waals surface area (Å²) in [5.74, 6) is -0.201. The van der Waals surface area contributed by atoms with Crippen molar-refractivity contribution in [2.75, 3.05) is 13.1 Å². The van der Waals surface area contributed by atoms with E-state index in [1.54, 1.807) is 0 Å². The highest BCUT2D eigenvalue weighted by Gasteiger charge is 2.29. The van der Waals surface area contributed by atoms with E-state index < -0.39 is 12.1 Å². The minimum absolute atomic E-state index is 0.201. The second-order valence-corrected chi connectivity index (χ2v) is 5.98. The number of hydrogen-bond donors (Lipinski definition) is 3.